The van der Waals surface area contributed by atoms with Crippen molar-refractivity contribution in [2.24, 2.45) is 5.92 Å². The van der Waals surface area contributed by atoms with E-state index >= 15 is 0 Å². The molecule has 0 aromatic heterocycles. The third-order valence-corrected chi connectivity index (χ3v) is 8.13. The molecule has 0 atom stereocenters. The third kappa shape index (κ3) is 6.64. The van der Waals surface area contributed by atoms with Crippen LogP contribution in [-0.4, -0.2) is 67.4 Å². The number of likely N-dealkylation sites (tertiary alicyclic amines) is 1. The van der Waals surface area contributed by atoms with Crippen LogP contribution in [0, 0.1) is 5.92 Å². The normalized spacial score (nSPS) is 19.6. The average molecular weight is 448 g/mol. The smallest absolute Gasteiger partial charge is 0.246 e. The standard InChI is InChI=1S/C23H33N3O4S/c1-2-18-31(29,30)26-16-12-21(13-17-26)24-23(28)20-10-14-25(15-11-20)22(27)9-8-19-6-4-3-5-7-19/h3-9,20-21H,2,10-18H2,1H3,(H,24,28)/b9-8+. The number of carbonyl (C=O) groups excluding carboxylic acids is 2. The van der Waals surface area contributed by atoms with Crippen molar-refractivity contribution in [3.63, 3.8) is 0 Å². The Kier molecular flexibility index (Phi) is 8.26. The van der Waals surface area contributed by atoms with E-state index in [4.69, 9.17) is 0 Å². The molecule has 31 heavy (non-hydrogen) atoms. The second kappa shape index (κ2) is 10.9. The molecule has 2 aliphatic rings. The lowest BCUT2D eigenvalue weighted by Crippen LogP contribution is -2.49. The molecule has 8 heteroatoms. The molecule has 2 fully saturated rings. The molecule has 1 N–H and O–H groups in total. The van der Waals surface area contributed by atoms with Crippen LogP contribution in [0.5, 0.6) is 0 Å². The second-order valence-electron chi connectivity index (χ2n) is 8.34. The largest absolute Gasteiger partial charge is 0.353 e. The lowest BCUT2D eigenvalue weighted by atomic mass is 9.94. The first-order chi connectivity index (χ1) is 14.9. The highest BCUT2D eigenvalue weighted by atomic mass is 32.2. The number of hydrogen-bond acceptors (Lipinski definition) is 4. The van der Waals surface area contributed by atoms with Crippen molar-refractivity contribution >= 4 is 27.9 Å². The molecule has 0 aliphatic carbocycles. The van der Waals surface area contributed by atoms with Crippen molar-refractivity contribution in [1.82, 2.24) is 14.5 Å². The van der Waals surface area contributed by atoms with Crippen LogP contribution in [0.25, 0.3) is 6.08 Å². The fourth-order valence-corrected chi connectivity index (χ4v) is 5.72. The summed E-state index contributed by atoms with van der Waals surface area (Å²) >= 11 is 0. The number of piperidine rings is 2. The second-order valence-corrected chi connectivity index (χ2v) is 10.4. The van der Waals surface area contributed by atoms with E-state index in [0.29, 0.717) is 58.3 Å². The van der Waals surface area contributed by atoms with Gasteiger partial charge in [0.25, 0.3) is 0 Å². The van der Waals surface area contributed by atoms with Crippen molar-refractivity contribution in [2.45, 2.75) is 45.1 Å². The lowest BCUT2D eigenvalue weighted by molar-refractivity contribution is -0.132. The van der Waals surface area contributed by atoms with Gasteiger partial charge in [-0.15, -0.1) is 0 Å². The van der Waals surface area contributed by atoms with Crippen molar-refractivity contribution in [2.75, 3.05) is 31.9 Å². The highest BCUT2D eigenvalue weighted by Gasteiger charge is 2.31. The number of nitrogens with zero attached hydrogens (tertiary/aromatic N) is 2. The maximum Gasteiger partial charge on any atom is 0.246 e. The van der Waals surface area contributed by atoms with Crippen LogP contribution in [0.2, 0.25) is 0 Å². The van der Waals surface area contributed by atoms with E-state index in [9.17, 15) is 18.0 Å². The minimum atomic E-state index is -3.17. The van der Waals surface area contributed by atoms with Crippen LogP contribution in [0.15, 0.2) is 36.4 Å². The topological polar surface area (TPSA) is 86.8 Å². The summed E-state index contributed by atoms with van der Waals surface area (Å²) in [7, 11) is -3.17. The Bertz CT molecular complexity index is 869. The van der Waals surface area contributed by atoms with E-state index in [2.05, 4.69) is 5.32 Å². The van der Waals surface area contributed by atoms with Gasteiger partial charge in [-0.25, -0.2) is 12.7 Å². The van der Waals surface area contributed by atoms with E-state index in [-0.39, 0.29) is 29.5 Å². The summed E-state index contributed by atoms with van der Waals surface area (Å²) in [6, 6.07) is 9.72. The van der Waals surface area contributed by atoms with E-state index in [1.165, 1.54) is 0 Å². The zero-order valence-electron chi connectivity index (χ0n) is 18.2. The third-order valence-electron chi connectivity index (χ3n) is 6.05. The van der Waals surface area contributed by atoms with Gasteiger partial charge in [0.2, 0.25) is 21.8 Å². The van der Waals surface area contributed by atoms with Gasteiger partial charge in [0.1, 0.15) is 0 Å². The first kappa shape index (κ1) is 23.5. The SMILES string of the molecule is CCCS(=O)(=O)N1CCC(NC(=O)C2CCN(C(=O)/C=C/c3ccccc3)CC2)CC1. The van der Waals surface area contributed by atoms with Crippen LogP contribution in [0.1, 0.15) is 44.6 Å². The monoisotopic (exact) mass is 447 g/mol. The maximum atomic E-state index is 12.7. The van der Waals surface area contributed by atoms with Gasteiger partial charge in [-0.05, 0) is 43.7 Å². The van der Waals surface area contributed by atoms with Crippen LogP contribution < -0.4 is 5.32 Å². The highest BCUT2D eigenvalue weighted by Crippen LogP contribution is 2.20. The minimum Gasteiger partial charge on any atom is -0.353 e. The number of hydrogen-bond donors (Lipinski definition) is 1. The van der Waals surface area contributed by atoms with Gasteiger partial charge < -0.3 is 10.2 Å². The summed E-state index contributed by atoms with van der Waals surface area (Å²) in [5.74, 6) is 0.0937. The van der Waals surface area contributed by atoms with Crippen LogP contribution in [-0.2, 0) is 19.6 Å². The fourth-order valence-electron chi connectivity index (χ4n) is 4.18. The molecule has 0 unspecified atom stereocenters. The van der Waals surface area contributed by atoms with E-state index < -0.39 is 10.0 Å². The zero-order chi connectivity index (χ0) is 22.3. The summed E-state index contributed by atoms with van der Waals surface area (Å²) in [5.41, 5.74) is 0.985. The van der Waals surface area contributed by atoms with Gasteiger partial charge in [0.05, 0.1) is 5.75 Å². The van der Waals surface area contributed by atoms with Gasteiger partial charge in [0.15, 0.2) is 0 Å². The summed E-state index contributed by atoms with van der Waals surface area (Å²) in [6.45, 7) is 3.94. The molecule has 170 valence electrons. The summed E-state index contributed by atoms with van der Waals surface area (Å²) in [5, 5.41) is 3.11. The predicted octanol–water partition coefficient (Wildman–Crippen LogP) is 2.26. The number of benzene rings is 1. The molecule has 2 heterocycles. The van der Waals surface area contributed by atoms with Gasteiger partial charge in [-0.3, -0.25) is 9.59 Å². The molecule has 0 bridgehead atoms. The van der Waals surface area contributed by atoms with Gasteiger partial charge >= 0.3 is 0 Å². The highest BCUT2D eigenvalue weighted by molar-refractivity contribution is 7.89. The Balaban J connectivity index is 1.40. The molecule has 0 radical (unpaired) electrons. The van der Waals surface area contributed by atoms with Crippen molar-refractivity contribution in [3.05, 3.63) is 42.0 Å². The lowest BCUT2D eigenvalue weighted by Gasteiger charge is -2.34. The number of rotatable bonds is 7. The molecule has 7 nitrogen and oxygen atoms in total. The molecule has 2 aliphatic heterocycles. The van der Waals surface area contributed by atoms with Crippen LogP contribution >= 0.6 is 0 Å². The molecule has 2 amide bonds. The molecular formula is C23H33N3O4S. The van der Waals surface area contributed by atoms with E-state index in [0.717, 1.165) is 5.56 Å². The van der Waals surface area contributed by atoms with Crippen molar-refractivity contribution in [3.8, 4) is 0 Å². The molecule has 2 saturated heterocycles. The maximum absolute atomic E-state index is 12.7. The summed E-state index contributed by atoms with van der Waals surface area (Å²) < 4.78 is 25.9. The fraction of sp³-hybridized carbons (Fsp3) is 0.565. The molecule has 0 spiro atoms. The Morgan fingerprint density at radius 3 is 2.29 bits per heavy atom. The molecule has 1 aromatic rings. The zero-order valence-corrected chi connectivity index (χ0v) is 19.0. The number of sulfonamides is 1. The Morgan fingerprint density at radius 1 is 1.03 bits per heavy atom. The van der Waals surface area contributed by atoms with Crippen molar-refractivity contribution < 1.29 is 18.0 Å². The summed E-state index contributed by atoms with van der Waals surface area (Å²) in [6.07, 6.45) is 6.63. The summed E-state index contributed by atoms with van der Waals surface area (Å²) in [4.78, 5) is 26.9. The van der Waals surface area contributed by atoms with Gasteiger partial charge in [-0.1, -0.05) is 37.3 Å². The van der Waals surface area contributed by atoms with Crippen molar-refractivity contribution in [1.29, 1.82) is 0 Å². The van der Waals surface area contributed by atoms with Gasteiger partial charge in [-0.2, -0.15) is 0 Å². The first-order valence-electron chi connectivity index (χ1n) is 11.2. The molecule has 1 aromatic carbocycles. The Hall–Kier alpha value is -2.19. The van der Waals surface area contributed by atoms with E-state index in [1.54, 1.807) is 15.3 Å². The Morgan fingerprint density at radius 2 is 1.68 bits per heavy atom. The average Bonchev–Trinajstić information content (AvgIpc) is 2.78. The van der Waals surface area contributed by atoms with Gasteiger partial charge in [0, 0.05) is 44.2 Å². The van der Waals surface area contributed by atoms with Crippen LogP contribution in [0.3, 0.4) is 0 Å². The first-order valence-corrected chi connectivity index (χ1v) is 12.8. The quantitative estimate of drug-likeness (QED) is 0.650. The number of carbonyl (C=O) groups is 2. The van der Waals surface area contributed by atoms with E-state index in [1.807, 2.05) is 43.3 Å². The Labute approximate surface area is 185 Å². The molecule has 3 rings (SSSR count). The molecule has 0 saturated carbocycles. The number of amides is 2. The predicted molar refractivity (Wildman–Crippen MR) is 122 cm³/mol. The van der Waals surface area contributed by atoms with Crippen LogP contribution in [0.4, 0.5) is 0 Å². The minimum absolute atomic E-state index is 0.0223. The molecular weight excluding hydrogens is 414 g/mol. The number of nitrogens with one attached hydrogen (secondary N) is 1.